The summed E-state index contributed by atoms with van der Waals surface area (Å²) in [6, 6.07) is 0. The molecule has 110 valence electrons. The number of hydrogen-bond acceptors (Lipinski definition) is 4. The Balaban J connectivity index is 1.66. The molecule has 0 radical (unpaired) electrons. The van der Waals surface area contributed by atoms with Crippen LogP contribution >= 0.6 is 43.0 Å². The summed E-state index contributed by atoms with van der Waals surface area (Å²) in [4.78, 5) is 12.6. The van der Waals surface area contributed by atoms with E-state index < -0.39 is 23.8 Å². The number of carbonyl (C=O) groups is 1. The molecule has 0 amide bonds. The number of halogens is 2. The summed E-state index contributed by atoms with van der Waals surface area (Å²) in [7, 11) is 0. The van der Waals surface area contributed by atoms with Gasteiger partial charge in [0.05, 0.1) is 0 Å². The van der Waals surface area contributed by atoms with E-state index in [1.807, 2.05) is 6.92 Å². The van der Waals surface area contributed by atoms with E-state index in [1.165, 1.54) is 19.3 Å². The molecule has 4 nitrogen and oxygen atoms in total. The summed E-state index contributed by atoms with van der Waals surface area (Å²) in [6.07, 6.45) is 7.89. The fourth-order valence-corrected chi connectivity index (χ4v) is 10.7. The average molecular weight is 492 g/mol. The SMILES string of the molecule is CCCCC1(OC(=O)C(C)(I)C23NI2N3)CCCC1. The Morgan fingerprint density at radius 3 is 2.47 bits per heavy atom. The zero-order valence-electron chi connectivity index (χ0n) is 11.5. The molecule has 0 aromatic rings. The van der Waals surface area contributed by atoms with Gasteiger partial charge in [0.15, 0.2) is 0 Å². The van der Waals surface area contributed by atoms with Gasteiger partial charge in [0.1, 0.15) is 0 Å². The number of rotatable bonds is 6. The summed E-state index contributed by atoms with van der Waals surface area (Å²) in [5, 5.41) is 0. The number of alkyl halides is 2. The van der Waals surface area contributed by atoms with Crippen molar-refractivity contribution in [1.29, 1.82) is 0 Å². The third-order valence-corrected chi connectivity index (χ3v) is 11.6. The minimum atomic E-state index is -1.10. The van der Waals surface area contributed by atoms with Gasteiger partial charge in [-0.2, -0.15) is 0 Å². The van der Waals surface area contributed by atoms with E-state index in [2.05, 4.69) is 36.6 Å². The molecule has 2 saturated heterocycles. The van der Waals surface area contributed by atoms with E-state index >= 15 is 0 Å². The predicted octanol–water partition coefficient (Wildman–Crippen LogP) is 3.42. The van der Waals surface area contributed by atoms with Crippen molar-refractivity contribution >= 4 is 48.9 Å². The summed E-state index contributed by atoms with van der Waals surface area (Å²) in [5.41, 5.74) is -0.154. The van der Waals surface area contributed by atoms with Crippen molar-refractivity contribution in [2.75, 3.05) is 0 Å². The van der Waals surface area contributed by atoms with Crippen LogP contribution in [0.5, 0.6) is 0 Å². The number of esters is 1. The van der Waals surface area contributed by atoms with Crippen LogP contribution in [0.2, 0.25) is 0 Å². The van der Waals surface area contributed by atoms with Gasteiger partial charge in [-0.25, -0.2) is 0 Å². The average Bonchev–Trinajstić information content (AvgIpc) is 3.18. The van der Waals surface area contributed by atoms with Crippen molar-refractivity contribution < 1.29 is 9.53 Å². The van der Waals surface area contributed by atoms with Crippen LogP contribution in [0.3, 0.4) is 0 Å². The van der Waals surface area contributed by atoms with Crippen molar-refractivity contribution in [2.24, 2.45) is 0 Å². The van der Waals surface area contributed by atoms with Crippen LogP contribution in [0.15, 0.2) is 0 Å². The number of ether oxygens (including phenoxy) is 1. The molecule has 0 aromatic heterocycles. The van der Waals surface area contributed by atoms with Gasteiger partial charge in [0.25, 0.3) is 0 Å². The molecule has 0 aromatic carbocycles. The fraction of sp³-hybridized carbons (Fsp3) is 0.923. The zero-order valence-corrected chi connectivity index (χ0v) is 15.8. The van der Waals surface area contributed by atoms with Gasteiger partial charge >= 0.3 is 137 Å². The molecular formula is C13H22I2N2O2. The van der Waals surface area contributed by atoms with Gasteiger partial charge in [-0.15, -0.1) is 0 Å². The van der Waals surface area contributed by atoms with Crippen LogP contribution < -0.4 is 7.06 Å². The van der Waals surface area contributed by atoms with Crippen molar-refractivity contribution in [3.63, 3.8) is 0 Å². The maximum atomic E-state index is 12.6. The summed E-state index contributed by atoms with van der Waals surface area (Å²) < 4.78 is 12.5. The van der Waals surface area contributed by atoms with Crippen molar-refractivity contribution in [3.05, 3.63) is 0 Å². The fourth-order valence-electron chi connectivity index (χ4n) is 2.93. The second-order valence-corrected chi connectivity index (χ2v) is 12.5. The molecule has 1 aliphatic carbocycles. The summed E-state index contributed by atoms with van der Waals surface area (Å²) in [6.45, 7) is 4.22. The number of fused-ring (bicyclic) bond motifs is 1. The van der Waals surface area contributed by atoms with Crippen molar-refractivity contribution in [1.82, 2.24) is 7.06 Å². The van der Waals surface area contributed by atoms with Gasteiger partial charge in [-0.3, -0.25) is 0 Å². The molecule has 1 saturated carbocycles. The Bertz CT molecular complexity index is 388. The molecular weight excluding hydrogens is 470 g/mol. The molecule has 3 rings (SSSR count). The number of unbranched alkanes of at least 4 members (excludes halogenated alkanes) is 1. The van der Waals surface area contributed by atoms with E-state index in [0.29, 0.717) is 0 Å². The van der Waals surface area contributed by atoms with E-state index in [1.54, 1.807) is 0 Å². The van der Waals surface area contributed by atoms with E-state index in [-0.39, 0.29) is 15.2 Å². The van der Waals surface area contributed by atoms with Crippen LogP contribution in [0.1, 0.15) is 58.8 Å². The molecule has 1 atom stereocenters. The Morgan fingerprint density at radius 2 is 2.00 bits per heavy atom. The molecule has 3 fully saturated rings. The first-order valence-corrected chi connectivity index (χ1v) is 11.5. The van der Waals surface area contributed by atoms with Gasteiger partial charge in [-0.1, -0.05) is 0 Å². The molecule has 2 aliphatic heterocycles. The van der Waals surface area contributed by atoms with Crippen LogP contribution in [0, 0.1) is 0 Å². The molecule has 2 heterocycles. The molecule has 6 heteroatoms. The summed E-state index contributed by atoms with van der Waals surface area (Å²) in [5.74, 6) is -0.0107. The Kier molecular flexibility index (Phi) is 3.85. The second kappa shape index (κ2) is 4.95. The van der Waals surface area contributed by atoms with Crippen molar-refractivity contribution in [3.8, 4) is 0 Å². The van der Waals surface area contributed by atoms with Gasteiger partial charge in [0, 0.05) is 0 Å². The molecule has 19 heavy (non-hydrogen) atoms. The van der Waals surface area contributed by atoms with Crippen LogP contribution in [-0.4, -0.2) is 18.7 Å². The third-order valence-electron chi connectivity index (χ3n) is 4.50. The Labute approximate surface area is 136 Å². The van der Waals surface area contributed by atoms with Gasteiger partial charge in [0.2, 0.25) is 0 Å². The predicted molar refractivity (Wildman–Crippen MR) is 92.3 cm³/mol. The maximum absolute atomic E-state index is 12.6. The quantitative estimate of drug-likeness (QED) is 0.149. The first-order valence-electron chi connectivity index (χ1n) is 7.14. The number of carbonyl (C=O) groups excluding carboxylic acids is 1. The van der Waals surface area contributed by atoms with E-state index in [4.69, 9.17) is 4.74 Å². The third kappa shape index (κ3) is 2.44. The minimum absolute atomic E-state index is 0.0107. The Hall–Kier alpha value is 0.850. The Morgan fingerprint density at radius 1 is 1.42 bits per heavy atom. The molecule has 2 N–H and O–H groups in total. The van der Waals surface area contributed by atoms with E-state index in [9.17, 15) is 4.79 Å². The van der Waals surface area contributed by atoms with Crippen LogP contribution in [0.4, 0.5) is 0 Å². The standard InChI is InChI=1S/C13H22I2N2O2/c1-3-4-7-12(8-5-6-9-12)19-10(18)11(2,14)13-15(16-13)17-13/h16-17H,3-9H2,1-2H3. The molecule has 1 unspecified atom stereocenters. The molecule has 3 aliphatic rings. The monoisotopic (exact) mass is 492 g/mol. The van der Waals surface area contributed by atoms with Gasteiger partial charge < -0.3 is 0 Å². The van der Waals surface area contributed by atoms with Gasteiger partial charge in [-0.05, 0) is 0 Å². The normalized spacial score (nSPS) is 30.4. The first kappa shape index (κ1) is 14.8. The molecule has 0 spiro atoms. The number of nitrogens with one attached hydrogen (secondary N) is 2. The zero-order chi connectivity index (χ0) is 13.7. The van der Waals surface area contributed by atoms with Crippen molar-refractivity contribution in [2.45, 2.75) is 71.5 Å². The van der Waals surface area contributed by atoms with Crippen LogP contribution in [0.25, 0.3) is 0 Å². The summed E-state index contributed by atoms with van der Waals surface area (Å²) >= 11 is 1.18. The first-order chi connectivity index (χ1) is 8.96. The van der Waals surface area contributed by atoms with E-state index in [0.717, 1.165) is 25.7 Å². The topological polar surface area (TPSA) is 70.2 Å². The number of hydrogen-bond donors (Lipinski definition) is 2. The molecule has 0 bridgehead atoms. The van der Waals surface area contributed by atoms with Crippen LogP contribution in [-0.2, 0) is 9.53 Å². The second-order valence-electron chi connectivity index (χ2n) is 6.02.